The summed E-state index contributed by atoms with van der Waals surface area (Å²) in [7, 11) is 0. The van der Waals surface area contributed by atoms with Crippen LogP contribution in [0.5, 0.6) is 0 Å². The Morgan fingerprint density at radius 2 is 1.94 bits per heavy atom. The summed E-state index contributed by atoms with van der Waals surface area (Å²) >= 11 is 4.97. The lowest BCUT2D eigenvalue weighted by Gasteiger charge is -2.55. The van der Waals surface area contributed by atoms with Crippen molar-refractivity contribution in [3.63, 3.8) is 0 Å². The molecule has 2 heteroatoms. The van der Waals surface area contributed by atoms with Gasteiger partial charge < -0.3 is 0 Å². The molecule has 0 N–H and O–H groups in total. The molecule has 4 rings (SSSR count). The molecule has 18 heavy (non-hydrogen) atoms. The van der Waals surface area contributed by atoms with Crippen molar-refractivity contribution in [1.29, 1.82) is 0 Å². The van der Waals surface area contributed by atoms with Crippen molar-refractivity contribution in [1.82, 2.24) is 0 Å². The average Bonchev–Trinajstić information content (AvgIpc) is 2.44. The van der Waals surface area contributed by atoms with Gasteiger partial charge in [0.2, 0.25) is 0 Å². The average molecular weight is 263 g/mol. The zero-order valence-electron chi connectivity index (χ0n) is 12.1. The van der Waals surface area contributed by atoms with Gasteiger partial charge in [0.25, 0.3) is 0 Å². The fraction of sp³-hybridized carbons (Fsp3) is 0.938. The summed E-state index contributed by atoms with van der Waals surface area (Å²) in [5, 5.41) is 2.74. The minimum Gasteiger partial charge on any atom is -0.225 e. The van der Waals surface area contributed by atoms with Crippen LogP contribution in [0.3, 0.4) is 0 Å². The molecule has 0 amide bonds. The molecule has 0 spiro atoms. The maximum absolute atomic E-state index is 4.97. The zero-order chi connectivity index (χ0) is 13.2. The molecule has 4 fully saturated rings. The molecule has 4 aliphatic rings. The summed E-state index contributed by atoms with van der Waals surface area (Å²) in [6.07, 6.45) is 6.86. The summed E-state index contributed by atoms with van der Waals surface area (Å²) < 4.78 is 0. The summed E-state index contributed by atoms with van der Waals surface area (Å²) in [5.41, 5.74) is 1.18. The first-order valence-corrected chi connectivity index (χ1v) is 7.85. The van der Waals surface area contributed by atoms with Gasteiger partial charge in [-0.3, -0.25) is 0 Å². The SMILES string of the molecule is CC(C)[C@@]1(N=C=S)CC2(C)C[C@]3(C)CC[C@H]2[C@@H]1C3. The number of fused-ring (bicyclic) bond motifs is 1. The second kappa shape index (κ2) is 3.67. The first-order valence-electron chi connectivity index (χ1n) is 7.44. The van der Waals surface area contributed by atoms with Gasteiger partial charge in [0.15, 0.2) is 0 Å². The van der Waals surface area contributed by atoms with Gasteiger partial charge in [-0.1, -0.05) is 27.7 Å². The van der Waals surface area contributed by atoms with Gasteiger partial charge in [-0.2, -0.15) is 0 Å². The standard InChI is InChI=1S/C16H25NS/c1-11(2)16(17-10-18)9-15(4)8-14(3)6-5-12(15)13(16)7-14/h11-13H,5-9H2,1-4H3/t12-,13-,14+,15?,16-/m0/s1. The molecule has 1 unspecified atom stereocenters. The largest absolute Gasteiger partial charge is 0.225 e. The molecular formula is C16H25NS. The molecule has 0 heterocycles. The van der Waals surface area contributed by atoms with Crippen molar-refractivity contribution in [3.8, 4) is 0 Å². The summed E-state index contributed by atoms with van der Waals surface area (Å²) in [4.78, 5) is 4.76. The van der Waals surface area contributed by atoms with Crippen LogP contribution in [-0.4, -0.2) is 10.7 Å². The van der Waals surface area contributed by atoms with Crippen molar-refractivity contribution >= 4 is 17.4 Å². The van der Waals surface area contributed by atoms with Crippen molar-refractivity contribution in [2.75, 3.05) is 0 Å². The van der Waals surface area contributed by atoms with Gasteiger partial charge in [0, 0.05) is 0 Å². The number of thiocarbonyl (C=S) groups is 1. The smallest absolute Gasteiger partial charge is 0.0770 e. The predicted molar refractivity (Wildman–Crippen MR) is 78.9 cm³/mol. The van der Waals surface area contributed by atoms with Crippen LogP contribution in [0.15, 0.2) is 4.99 Å². The second-order valence-corrected chi connectivity index (χ2v) is 8.31. The third kappa shape index (κ3) is 1.45. The van der Waals surface area contributed by atoms with E-state index in [1.165, 1.54) is 32.1 Å². The first-order chi connectivity index (χ1) is 8.35. The van der Waals surface area contributed by atoms with Crippen LogP contribution in [0.4, 0.5) is 0 Å². The fourth-order valence-electron chi connectivity index (χ4n) is 6.05. The number of nitrogens with zero attached hydrogens (tertiary/aromatic N) is 1. The highest BCUT2D eigenvalue weighted by Gasteiger charge is 2.67. The molecular weight excluding hydrogens is 238 g/mol. The van der Waals surface area contributed by atoms with Gasteiger partial charge >= 0.3 is 0 Å². The number of isothiocyanates is 1. The van der Waals surface area contributed by atoms with E-state index in [4.69, 9.17) is 17.2 Å². The normalized spacial score (nSPS) is 53.6. The van der Waals surface area contributed by atoms with E-state index in [1.54, 1.807) is 0 Å². The Morgan fingerprint density at radius 3 is 2.50 bits per heavy atom. The highest BCUT2D eigenvalue weighted by Crippen LogP contribution is 2.72. The van der Waals surface area contributed by atoms with E-state index >= 15 is 0 Å². The topological polar surface area (TPSA) is 12.4 Å². The summed E-state index contributed by atoms with van der Waals surface area (Å²) in [6, 6.07) is 0. The van der Waals surface area contributed by atoms with Gasteiger partial charge in [-0.15, -0.1) is 0 Å². The van der Waals surface area contributed by atoms with E-state index in [9.17, 15) is 0 Å². The monoisotopic (exact) mass is 263 g/mol. The van der Waals surface area contributed by atoms with Crippen LogP contribution < -0.4 is 0 Å². The second-order valence-electron chi connectivity index (χ2n) is 8.12. The number of aliphatic imine (C=N–C) groups is 1. The highest BCUT2D eigenvalue weighted by molar-refractivity contribution is 7.78. The van der Waals surface area contributed by atoms with Gasteiger partial charge in [-0.25, -0.2) is 4.99 Å². The Hall–Kier alpha value is -0.200. The molecule has 0 aromatic rings. The number of rotatable bonds is 2. The maximum atomic E-state index is 4.97. The fourth-order valence-corrected chi connectivity index (χ4v) is 6.22. The Morgan fingerprint density at radius 1 is 1.22 bits per heavy atom. The predicted octanol–water partition coefficient (Wildman–Crippen LogP) is 4.72. The van der Waals surface area contributed by atoms with Crippen LogP contribution >= 0.6 is 12.2 Å². The third-order valence-electron chi connectivity index (χ3n) is 6.57. The first kappa shape index (κ1) is 12.8. The molecule has 1 nitrogen and oxygen atoms in total. The molecule has 0 saturated heterocycles. The molecule has 0 radical (unpaired) electrons. The van der Waals surface area contributed by atoms with E-state index in [0.29, 0.717) is 16.7 Å². The lowest BCUT2D eigenvalue weighted by Crippen LogP contribution is -2.47. The van der Waals surface area contributed by atoms with E-state index in [1.807, 2.05) is 0 Å². The van der Waals surface area contributed by atoms with E-state index in [2.05, 4.69) is 32.9 Å². The van der Waals surface area contributed by atoms with Crippen LogP contribution in [-0.2, 0) is 0 Å². The Kier molecular flexibility index (Phi) is 2.61. The van der Waals surface area contributed by atoms with Crippen molar-refractivity contribution in [2.24, 2.45) is 33.6 Å². The Bertz CT molecular complexity index is 425. The lowest BCUT2D eigenvalue weighted by molar-refractivity contribution is -0.0460. The number of hydrogen-bond donors (Lipinski definition) is 0. The van der Waals surface area contributed by atoms with E-state index in [0.717, 1.165) is 11.8 Å². The van der Waals surface area contributed by atoms with Crippen LogP contribution in [0.1, 0.15) is 59.8 Å². The van der Waals surface area contributed by atoms with Crippen LogP contribution in [0.2, 0.25) is 0 Å². The molecule has 5 atom stereocenters. The van der Waals surface area contributed by atoms with Crippen molar-refractivity contribution in [2.45, 2.75) is 65.3 Å². The number of hydrogen-bond acceptors (Lipinski definition) is 2. The molecule has 100 valence electrons. The summed E-state index contributed by atoms with van der Waals surface area (Å²) in [5.74, 6) is 2.22. The Labute approximate surface area is 116 Å². The maximum Gasteiger partial charge on any atom is 0.0770 e. The van der Waals surface area contributed by atoms with Gasteiger partial charge in [0.1, 0.15) is 0 Å². The van der Waals surface area contributed by atoms with Crippen LogP contribution in [0.25, 0.3) is 0 Å². The van der Waals surface area contributed by atoms with Gasteiger partial charge in [-0.05, 0) is 72.9 Å². The van der Waals surface area contributed by atoms with Crippen LogP contribution in [0, 0.1) is 28.6 Å². The minimum atomic E-state index is 0.0966. The van der Waals surface area contributed by atoms with E-state index in [-0.39, 0.29) is 5.54 Å². The highest BCUT2D eigenvalue weighted by atomic mass is 32.1. The van der Waals surface area contributed by atoms with Crippen molar-refractivity contribution in [3.05, 3.63) is 0 Å². The lowest BCUT2D eigenvalue weighted by atomic mass is 9.50. The molecule has 4 saturated carbocycles. The molecule has 0 aromatic heterocycles. The molecule has 4 bridgehead atoms. The minimum absolute atomic E-state index is 0.0966. The Balaban J connectivity index is 2.10. The molecule has 4 aliphatic carbocycles. The zero-order valence-corrected chi connectivity index (χ0v) is 12.9. The molecule has 0 aromatic carbocycles. The quantitative estimate of drug-likeness (QED) is 0.518. The van der Waals surface area contributed by atoms with E-state index < -0.39 is 0 Å². The van der Waals surface area contributed by atoms with Gasteiger partial charge in [0.05, 0.1) is 10.7 Å². The van der Waals surface area contributed by atoms with Crippen molar-refractivity contribution < 1.29 is 0 Å². The summed E-state index contributed by atoms with van der Waals surface area (Å²) in [6.45, 7) is 9.68. The third-order valence-corrected chi connectivity index (χ3v) is 6.66. The molecule has 0 aliphatic heterocycles.